The van der Waals surface area contributed by atoms with E-state index in [1.54, 1.807) is 24.5 Å². The fourth-order valence-electron chi connectivity index (χ4n) is 2.71. The lowest BCUT2D eigenvalue weighted by molar-refractivity contribution is 0.224. The summed E-state index contributed by atoms with van der Waals surface area (Å²) in [7, 11) is 0. The van der Waals surface area contributed by atoms with E-state index in [2.05, 4.69) is 15.6 Å². The fraction of sp³-hybridized carbons (Fsp3) is 0.143. The number of benzene rings is 2. The van der Waals surface area contributed by atoms with Crippen molar-refractivity contribution in [1.82, 2.24) is 10.3 Å². The zero-order chi connectivity index (χ0) is 19.1. The number of hydrogen-bond donors (Lipinski definition) is 3. The van der Waals surface area contributed by atoms with Gasteiger partial charge in [0.1, 0.15) is 0 Å². The third-order valence-electron chi connectivity index (χ3n) is 4.11. The minimum atomic E-state index is -0.387. The second-order valence-electron chi connectivity index (χ2n) is 6.12. The molecule has 3 aromatic rings. The number of rotatable bonds is 6. The van der Waals surface area contributed by atoms with Crippen molar-refractivity contribution in [1.29, 1.82) is 0 Å². The van der Waals surface area contributed by atoms with Crippen LogP contribution in [0.2, 0.25) is 5.02 Å². The van der Waals surface area contributed by atoms with Gasteiger partial charge in [-0.2, -0.15) is 0 Å². The summed E-state index contributed by atoms with van der Waals surface area (Å²) >= 11 is 5.87. The van der Waals surface area contributed by atoms with Crippen LogP contribution in [0.1, 0.15) is 5.56 Å². The Hall–Kier alpha value is -2.89. The average Bonchev–Trinajstić information content (AvgIpc) is 2.70. The van der Waals surface area contributed by atoms with E-state index >= 15 is 0 Å². The van der Waals surface area contributed by atoms with Crippen LogP contribution < -0.4 is 10.6 Å². The maximum atomic E-state index is 12.2. The number of nitrogens with one attached hydrogen (secondary N) is 2. The molecule has 0 aliphatic rings. The Morgan fingerprint density at radius 2 is 1.59 bits per heavy atom. The SMILES string of the molecule is O=C(Nc1ccc(-c2ccncc2)cc1)NC(CO)Cc1ccc(Cl)cc1. The van der Waals surface area contributed by atoms with Crippen LogP contribution in [-0.2, 0) is 6.42 Å². The van der Waals surface area contributed by atoms with Gasteiger partial charge < -0.3 is 15.7 Å². The largest absolute Gasteiger partial charge is 0.394 e. The number of hydrogen-bond acceptors (Lipinski definition) is 3. The molecular weight excluding hydrogens is 362 g/mol. The number of carbonyl (C=O) groups is 1. The van der Waals surface area contributed by atoms with Gasteiger partial charge in [0, 0.05) is 23.1 Å². The molecule has 3 rings (SSSR count). The van der Waals surface area contributed by atoms with Crippen molar-refractivity contribution < 1.29 is 9.90 Å². The molecule has 0 saturated carbocycles. The van der Waals surface area contributed by atoms with Gasteiger partial charge in [0.15, 0.2) is 0 Å². The second-order valence-corrected chi connectivity index (χ2v) is 6.56. The molecule has 0 spiro atoms. The van der Waals surface area contributed by atoms with Gasteiger partial charge >= 0.3 is 6.03 Å². The molecule has 1 aromatic heterocycles. The Kier molecular flexibility index (Phi) is 6.41. The van der Waals surface area contributed by atoms with E-state index in [0.29, 0.717) is 17.1 Å². The second kappa shape index (κ2) is 9.16. The van der Waals surface area contributed by atoms with E-state index in [9.17, 15) is 9.90 Å². The lowest BCUT2D eigenvalue weighted by Gasteiger charge is -2.17. The number of pyridine rings is 1. The zero-order valence-electron chi connectivity index (χ0n) is 14.6. The zero-order valence-corrected chi connectivity index (χ0v) is 15.4. The predicted octanol–water partition coefficient (Wildman–Crippen LogP) is 4.13. The van der Waals surface area contributed by atoms with Crippen LogP contribution in [0, 0.1) is 0 Å². The molecule has 2 aromatic carbocycles. The normalized spacial score (nSPS) is 11.6. The Labute approximate surface area is 163 Å². The van der Waals surface area contributed by atoms with Gasteiger partial charge in [-0.15, -0.1) is 0 Å². The maximum absolute atomic E-state index is 12.2. The van der Waals surface area contributed by atoms with Gasteiger partial charge in [0.05, 0.1) is 12.6 Å². The van der Waals surface area contributed by atoms with Crippen LogP contribution in [0.5, 0.6) is 0 Å². The molecule has 0 bridgehead atoms. The van der Waals surface area contributed by atoms with E-state index < -0.39 is 0 Å². The van der Waals surface area contributed by atoms with Crippen molar-refractivity contribution in [3.8, 4) is 11.1 Å². The van der Waals surface area contributed by atoms with Crippen molar-refractivity contribution >= 4 is 23.3 Å². The monoisotopic (exact) mass is 381 g/mol. The first-order valence-electron chi connectivity index (χ1n) is 8.57. The molecule has 27 heavy (non-hydrogen) atoms. The predicted molar refractivity (Wildman–Crippen MR) is 108 cm³/mol. The molecule has 0 aliphatic carbocycles. The van der Waals surface area contributed by atoms with Crippen LogP contribution in [0.4, 0.5) is 10.5 Å². The topological polar surface area (TPSA) is 74.2 Å². The van der Waals surface area contributed by atoms with Crippen LogP contribution in [0.15, 0.2) is 73.1 Å². The molecule has 0 fully saturated rings. The molecule has 1 atom stereocenters. The average molecular weight is 382 g/mol. The van der Waals surface area contributed by atoms with E-state index in [1.165, 1.54) is 0 Å². The van der Waals surface area contributed by atoms with Crippen LogP contribution in [-0.4, -0.2) is 28.8 Å². The van der Waals surface area contributed by atoms with E-state index in [0.717, 1.165) is 16.7 Å². The molecule has 138 valence electrons. The Bertz CT molecular complexity index is 868. The van der Waals surface area contributed by atoms with Gasteiger partial charge in [-0.25, -0.2) is 4.79 Å². The molecule has 1 unspecified atom stereocenters. The van der Waals surface area contributed by atoms with Gasteiger partial charge in [-0.05, 0) is 59.5 Å². The summed E-state index contributed by atoms with van der Waals surface area (Å²) in [4.78, 5) is 16.2. The number of amides is 2. The number of aliphatic hydroxyl groups is 1. The molecule has 2 amide bonds. The van der Waals surface area contributed by atoms with Crippen molar-refractivity contribution in [2.75, 3.05) is 11.9 Å². The molecule has 5 nitrogen and oxygen atoms in total. The van der Waals surface area contributed by atoms with Gasteiger partial charge in [0.2, 0.25) is 0 Å². The molecule has 6 heteroatoms. The van der Waals surface area contributed by atoms with E-state index in [-0.39, 0.29) is 18.7 Å². The first-order valence-corrected chi connectivity index (χ1v) is 8.95. The highest BCUT2D eigenvalue weighted by atomic mass is 35.5. The standard InChI is InChI=1S/C21H20ClN3O2/c22-18-5-1-15(2-6-18)13-20(14-26)25-21(27)24-19-7-3-16(4-8-19)17-9-11-23-12-10-17/h1-12,20,26H,13-14H2,(H2,24,25,27). The smallest absolute Gasteiger partial charge is 0.319 e. The Morgan fingerprint density at radius 3 is 2.22 bits per heavy atom. The van der Waals surface area contributed by atoms with Gasteiger partial charge in [0.25, 0.3) is 0 Å². The summed E-state index contributed by atoms with van der Waals surface area (Å²) in [5.41, 5.74) is 3.76. The van der Waals surface area contributed by atoms with Crippen LogP contribution in [0.25, 0.3) is 11.1 Å². The number of urea groups is 1. The van der Waals surface area contributed by atoms with E-state index in [4.69, 9.17) is 11.6 Å². The summed E-state index contributed by atoms with van der Waals surface area (Å²) < 4.78 is 0. The molecule has 0 radical (unpaired) electrons. The highest BCUT2D eigenvalue weighted by Crippen LogP contribution is 2.20. The highest BCUT2D eigenvalue weighted by molar-refractivity contribution is 6.30. The molecular formula is C21H20ClN3O2. The summed E-state index contributed by atoms with van der Waals surface area (Å²) in [6.07, 6.45) is 4.00. The lowest BCUT2D eigenvalue weighted by Crippen LogP contribution is -2.41. The molecule has 1 heterocycles. The Morgan fingerprint density at radius 1 is 0.963 bits per heavy atom. The number of carbonyl (C=O) groups excluding carboxylic acids is 1. The van der Waals surface area contributed by atoms with Crippen molar-refractivity contribution in [3.05, 3.63) is 83.6 Å². The summed E-state index contributed by atoms with van der Waals surface area (Å²) in [5.74, 6) is 0. The minimum Gasteiger partial charge on any atom is -0.394 e. The number of aromatic nitrogens is 1. The number of anilines is 1. The van der Waals surface area contributed by atoms with Crippen molar-refractivity contribution in [2.24, 2.45) is 0 Å². The maximum Gasteiger partial charge on any atom is 0.319 e. The van der Waals surface area contributed by atoms with Gasteiger partial charge in [-0.3, -0.25) is 4.98 Å². The summed E-state index contributed by atoms with van der Waals surface area (Å²) in [6, 6.07) is 18.0. The molecule has 0 saturated heterocycles. The number of aliphatic hydroxyl groups excluding tert-OH is 1. The third kappa shape index (κ3) is 5.54. The van der Waals surface area contributed by atoms with Crippen LogP contribution in [0.3, 0.4) is 0 Å². The fourth-order valence-corrected chi connectivity index (χ4v) is 2.84. The Balaban J connectivity index is 1.56. The van der Waals surface area contributed by atoms with Crippen molar-refractivity contribution in [3.63, 3.8) is 0 Å². The minimum absolute atomic E-state index is 0.156. The van der Waals surface area contributed by atoms with E-state index in [1.807, 2.05) is 48.5 Å². The third-order valence-corrected chi connectivity index (χ3v) is 4.36. The molecule has 0 aliphatic heterocycles. The quantitative estimate of drug-likeness (QED) is 0.601. The number of nitrogens with zero attached hydrogens (tertiary/aromatic N) is 1. The van der Waals surface area contributed by atoms with Crippen molar-refractivity contribution in [2.45, 2.75) is 12.5 Å². The lowest BCUT2D eigenvalue weighted by atomic mass is 10.1. The first-order chi connectivity index (χ1) is 13.1. The molecule has 3 N–H and O–H groups in total. The number of halogens is 1. The first kappa shape index (κ1) is 18.9. The highest BCUT2D eigenvalue weighted by Gasteiger charge is 2.12. The summed E-state index contributed by atoms with van der Waals surface area (Å²) in [6.45, 7) is -0.156. The van der Waals surface area contributed by atoms with Crippen LogP contribution >= 0.6 is 11.6 Å². The summed E-state index contributed by atoms with van der Waals surface area (Å²) in [5, 5.41) is 15.8. The van der Waals surface area contributed by atoms with Gasteiger partial charge in [-0.1, -0.05) is 35.9 Å².